The van der Waals surface area contributed by atoms with E-state index in [4.69, 9.17) is 0 Å². The van der Waals surface area contributed by atoms with Crippen molar-refractivity contribution in [2.45, 2.75) is 130 Å². The fraction of sp³-hybridized carbons (Fsp3) is 0.355. The van der Waals surface area contributed by atoms with Crippen molar-refractivity contribution in [3.63, 3.8) is 0 Å². The van der Waals surface area contributed by atoms with Crippen LogP contribution in [-0.2, 0) is 98.8 Å². The summed E-state index contributed by atoms with van der Waals surface area (Å²) in [6, 6.07) is 50.2. The van der Waals surface area contributed by atoms with Gasteiger partial charge in [-0.15, -0.1) is 11.5 Å². The van der Waals surface area contributed by atoms with E-state index in [-0.39, 0.29) is 97.2 Å². The van der Waals surface area contributed by atoms with Gasteiger partial charge in [0.1, 0.15) is 0 Å². The quantitative estimate of drug-likeness (QED) is 0.124. The first-order valence-corrected chi connectivity index (χ1v) is 24.2. The van der Waals surface area contributed by atoms with Gasteiger partial charge in [0.25, 0.3) is 0 Å². The molecule has 0 aliphatic carbocycles. The predicted octanol–water partition coefficient (Wildman–Crippen LogP) is 10.5. The minimum Gasteiger partial charge on any atom is -2.00 e. The van der Waals surface area contributed by atoms with Crippen LogP contribution in [0.4, 0.5) is 0 Å². The molecule has 0 unspecified atom stereocenters. The zero-order valence-corrected chi connectivity index (χ0v) is 50.3. The van der Waals surface area contributed by atoms with Gasteiger partial charge < -0.3 is 53.0 Å². The Bertz CT molecular complexity index is 2200. The molecule has 0 fully saturated rings. The number of hydrogen-bond donors (Lipinski definition) is 2. The Morgan fingerprint density at radius 2 is 0.632 bits per heavy atom. The van der Waals surface area contributed by atoms with E-state index >= 15 is 0 Å². The van der Waals surface area contributed by atoms with Gasteiger partial charge in [0.2, 0.25) is 0 Å². The van der Waals surface area contributed by atoms with Gasteiger partial charge in [-0.05, 0) is 92.4 Å². The summed E-state index contributed by atoms with van der Waals surface area (Å²) in [6.45, 7) is 26.7. The van der Waals surface area contributed by atoms with Crippen molar-refractivity contribution in [3.05, 3.63) is 227 Å². The number of nitrogens with zero attached hydrogens (tertiary/aromatic N) is 2. The van der Waals surface area contributed by atoms with E-state index in [0.29, 0.717) is 26.2 Å². The van der Waals surface area contributed by atoms with Crippen LogP contribution in [0.5, 0.6) is 11.5 Å². The molecule has 2 atom stereocenters. The van der Waals surface area contributed by atoms with Gasteiger partial charge in [-0.2, -0.15) is 0 Å². The summed E-state index contributed by atoms with van der Waals surface area (Å²) >= 11 is 0. The number of nitrogens with one attached hydrogen (secondary N) is 2. The minimum atomic E-state index is -0.834. The van der Waals surface area contributed by atoms with E-state index in [9.17, 15) is 20.4 Å². The van der Waals surface area contributed by atoms with Crippen molar-refractivity contribution in [1.82, 2.24) is 20.6 Å². The molecule has 76 heavy (non-hydrogen) atoms. The average molecular weight is 1200 g/mol. The van der Waals surface area contributed by atoms with Gasteiger partial charge in [-0.3, -0.25) is 9.97 Å². The third kappa shape index (κ3) is 29.0. The second kappa shape index (κ2) is 38.6. The van der Waals surface area contributed by atoms with Gasteiger partial charge in [0.05, 0.1) is 0 Å². The Morgan fingerprint density at radius 1 is 0.382 bits per heavy atom. The summed E-state index contributed by atoms with van der Waals surface area (Å²) in [5, 5.41) is 56.8. The van der Waals surface area contributed by atoms with Crippen molar-refractivity contribution >= 4 is 0 Å². The first kappa shape index (κ1) is 77.6. The monoisotopic (exact) mass is 1200 g/mol. The Balaban J connectivity index is -0.000000481. The Hall–Kier alpha value is -4.94. The molecule has 0 saturated carbocycles. The zero-order chi connectivity index (χ0) is 51.8. The summed E-state index contributed by atoms with van der Waals surface area (Å²) in [5.74, 6) is 0.167. The SMILES string of the molecule is CC(C)(C)c1cc(CNC[C@@H]([O-])c2ccccc2)c([O-])c(C(C)(C)C)c1.CC(C)(C)c1cc(CNC[C@H]([O-])c2ccccc2)c([O-])c(C(C)(C)C)c1.[Mo].[Mo].[O-2].[O-2].[O-2].[O-2].c1ccccc1.c1ccncc1.c1ccncc1. The topological polar surface area (TPSA) is 256 Å². The zero-order valence-electron chi connectivity index (χ0n) is 46.3. The van der Waals surface area contributed by atoms with Crippen molar-refractivity contribution < 1.29 is 84.5 Å². The first-order chi connectivity index (χ1) is 33.0. The molecule has 2 N–H and O–H groups in total. The Morgan fingerprint density at radius 3 is 0.842 bits per heavy atom. The molecule has 0 saturated heterocycles. The fourth-order valence-electron chi connectivity index (χ4n) is 6.88. The maximum atomic E-state index is 12.9. The average Bonchev–Trinajstić information content (AvgIpc) is 3.34. The second-order valence-electron chi connectivity index (χ2n) is 21.3. The summed E-state index contributed by atoms with van der Waals surface area (Å²) in [6.07, 6.45) is 5.33. The first-order valence-electron chi connectivity index (χ1n) is 24.2. The van der Waals surface area contributed by atoms with Gasteiger partial charge in [-0.25, -0.2) is 0 Å². The molecule has 14 heteroatoms. The molecule has 7 aromatic rings. The van der Waals surface area contributed by atoms with E-state index in [1.165, 1.54) is 0 Å². The van der Waals surface area contributed by atoms with E-state index in [2.05, 4.69) is 104 Å². The summed E-state index contributed by atoms with van der Waals surface area (Å²) in [4.78, 5) is 7.57. The molecule has 0 radical (unpaired) electrons. The maximum Gasteiger partial charge on any atom is 0.0267 e. The van der Waals surface area contributed by atoms with Crippen LogP contribution in [0, 0.1) is 0 Å². The number of benzene rings is 5. The van der Waals surface area contributed by atoms with Crippen LogP contribution in [-0.4, -0.2) is 23.1 Å². The standard InChI is InChI=1S/2C23H32NO2.C6H6.2C5H5N.2Mo.4O/c2*1-22(2,3)18-12-17(21(26)19(13-18)23(4,5)6)14-24-15-20(25)16-10-8-7-9-11-16;3*1-2-4-6-5-3-1;;;;;;/h2*7-13,20,24,26H,14-15H2,1-6H3;1-6H;2*1-5H;;;;;;/q2*-1;;;;;;4*-2/p-2/t2*20-;;;;;;;;;/m10........./s1. The van der Waals surface area contributed by atoms with Crippen LogP contribution in [0.3, 0.4) is 0 Å². The minimum absolute atomic E-state index is 0. The van der Waals surface area contributed by atoms with Crippen LogP contribution in [0.2, 0.25) is 0 Å². The third-order valence-corrected chi connectivity index (χ3v) is 11.1. The largest absolute Gasteiger partial charge is 2.00 e. The molecule has 0 spiro atoms. The second-order valence-corrected chi connectivity index (χ2v) is 21.3. The van der Waals surface area contributed by atoms with E-state index in [0.717, 1.165) is 44.5 Å². The van der Waals surface area contributed by atoms with Crippen molar-refractivity contribution in [2.75, 3.05) is 13.1 Å². The molecule has 0 aliphatic heterocycles. The van der Waals surface area contributed by atoms with E-state index in [1.807, 2.05) is 158 Å². The van der Waals surface area contributed by atoms with Crippen LogP contribution in [0.25, 0.3) is 0 Å². The van der Waals surface area contributed by atoms with Crippen LogP contribution >= 0.6 is 0 Å². The molecule has 0 amide bonds. The molecule has 2 aromatic heterocycles. The van der Waals surface area contributed by atoms with Crippen molar-refractivity contribution in [2.24, 2.45) is 0 Å². The summed E-state index contributed by atoms with van der Waals surface area (Å²) in [7, 11) is 0. The Labute approximate surface area is 483 Å². The van der Waals surface area contributed by atoms with Gasteiger partial charge in [-0.1, -0.05) is 240 Å². The smallest absolute Gasteiger partial charge is 0.0267 e. The van der Waals surface area contributed by atoms with Crippen LogP contribution < -0.4 is 31.1 Å². The van der Waals surface area contributed by atoms with Gasteiger partial charge in [0.15, 0.2) is 0 Å². The number of hydrogen-bond acceptors (Lipinski definition) is 8. The molecule has 7 rings (SSSR count). The molecule has 2 heterocycles. The van der Waals surface area contributed by atoms with Gasteiger partial charge >= 0.3 is 0 Å². The van der Waals surface area contributed by atoms with Crippen LogP contribution in [0.15, 0.2) is 183 Å². The number of aromatic nitrogens is 2. The summed E-state index contributed by atoms with van der Waals surface area (Å²) < 4.78 is 0. The third-order valence-electron chi connectivity index (χ3n) is 11.1. The molecule has 12 nitrogen and oxygen atoms in total. The molecule has 418 valence electrons. The van der Waals surface area contributed by atoms with Crippen molar-refractivity contribution in [3.8, 4) is 11.5 Å². The molecular formula is C62H78Mo2N4O8-12. The molecule has 0 aliphatic rings. The van der Waals surface area contributed by atoms with Gasteiger partial charge in [0, 0.05) is 80.0 Å². The van der Waals surface area contributed by atoms with Crippen LogP contribution in [0.1, 0.15) is 140 Å². The molecular weight excluding hydrogens is 1120 g/mol. The molecule has 5 aromatic carbocycles. The predicted molar refractivity (Wildman–Crippen MR) is 286 cm³/mol. The normalized spacial score (nSPS) is 11.2. The Kier molecular flexibility index (Phi) is 39.4. The van der Waals surface area contributed by atoms with E-state index in [1.54, 1.807) is 24.8 Å². The maximum absolute atomic E-state index is 12.9. The van der Waals surface area contributed by atoms with Crippen molar-refractivity contribution in [1.29, 1.82) is 0 Å². The number of rotatable bonds is 10. The summed E-state index contributed by atoms with van der Waals surface area (Å²) in [5.41, 5.74) is 6.50. The van der Waals surface area contributed by atoms with E-state index < -0.39 is 12.2 Å². The fourth-order valence-corrected chi connectivity index (χ4v) is 6.88. The molecule has 0 bridgehead atoms. The number of pyridine rings is 2.